The van der Waals surface area contributed by atoms with E-state index in [1.165, 1.54) is 0 Å². The van der Waals surface area contributed by atoms with Crippen LogP contribution in [0, 0.1) is 0 Å². The second kappa shape index (κ2) is 5.21. The molecule has 3 rings (SSSR count). The third-order valence-electron chi connectivity index (χ3n) is 4.33. The predicted molar refractivity (Wildman–Crippen MR) is 77.9 cm³/mol. The lowest BCUT2D eigenvalue weighted by Crippen LogP contribution is -2.51. The molecule has 1 saturated heterocycles. The molecule has 0 unspecified atom stereocenters. The molecule has 6 heteroatoms. The second-order valence-electron chi connectivity index (χ2n) is 6.08. The topological polar surface area (TPSA) is 66.9 Å². The summed E-state index contributed by atoms with van der Waals surface area (Å²) in [5.41, 5.74) is -0.343. The first-order valence-corrected chi connectivity index (χ1v) is 7.38. The third-order valence-corrected chi connectivity index (χ3v) is 4.33. The van der Waals surface area contributed by atoms with E-state index in [0.29, 0.717) is 5.06 Å². The van der Waals surface area contributed by atoms with Crippen LogP contribution < -0.4 is 0 Å². The number of hydroxylamine groups is 2. The maximum atomic E-state index is 12.4. The molecule has 0 saturated carbocycles. The fourth-order valence-corrected chi connectivity index (χ4v) is 2.85. The summed E-state index contributed by atoms with van der Waals surface area (Å²) in [4.78, 5) is 44.0. The molecule has 0 aliphatic carbocycles. The number of hydrogen-bond donors (Lipinski definition) is 0. The largest absolute Gasteiger partial charge is 0.352 e. The van der Waals surface area contributed by atoms with Gasteiger partial charge in [-0.3, -0.25) is 14.5 Å². The molecule has 2 amide bonds. The van der Waals surface area contributed by atoms with Gasteiger partial charge >= 0.3 is 5.97 Å². The van der Waals surface area contributed by atoms with Crippen LogP contribution in [0.25, 0.3) is 0 Å². The first-order valence-electron chi connectivity index (χ1n) is 7.38. The Bertz CT molecular complexity index is 612. The second-order valence-corrected chi connectivity index (χ2v) is 6.08. The summed E-state index contributed by atoms with van der Waals surface area (Å²) in [6, 6.07) is 6.44. The molecule has 0 N–H and O–H groups in total. The molecule has 2 heterocycles. The first-order chi connectivity index (χ1) is 10.4. The van der Waals surface area contributed by atoms with Gasteiger partial charge in [0.15, 0.2) is 0 Å². The van der Waals surface area contributed by atoms with E-state index in [1.54, 1.807) is 38.1 Å². The van der Waals surface area contributed by atoms with E-state index in [-0.39, 0.29) is 11.1 Å². The van der Waals surface area contributed by atoms with Crippen molar-refractivity contribution in [3.63, 3.8) is 0 Å². The molecule has 1 fully saturated rings. The lowest BCUT2D eigenvalue weighted by atomic mass is 10.0. The highest BCUT2D eigenvalue weighted by Gasteiger charge is 2.44. The summed E-state index contributed by atoms with van der Waals surface area (Å²) in [5.74, 6) is -1.78. The van der Waals surface area contributed by atoms with Crippen LogP contribution in [0.1, 0.15) is 47.4 Å². The Kier molecular flexibility index (Phi) is 3.48. The van der Waals surface area contributed by atoms with Crippen LogP contribution in [-0.4, -0.2) is 46.4 Å². The van der Waals surface area contributed by atoms with E-state index in [0.717, 1.165) is 25.9 Å². The minimum absolute atomic E-state index is 0.263. The van der Waals surface area contributed by atoms with Gasteiger partial charge in [-0.1, -0.05) is 17.2 Å². The van der Waals surface area contributed by atoms with Crippen molar-refractivity contribution in [1.29, 1.82) is 0 Å². The normalized spacial score (nSPS) is 18.7. The van der Waals surface area contributed by atoms with Crippen LogP contribution in [-0.2, 0) is 9.63 Å². The summed E-state index contributed by atoms with van der Waals surface area (Å²) in [5, 5.41) is 0.574. The maximum Gasteiger partial charge on any atom is 0.352 e. The molecule has 0 radical (unpaired) electrons. The average Bonchev–Trinajstić information content (AvgIpc) is 3.12. The molecule has 0 atom stereocenters. The van der Waals surface area contributed by atoms with Gasteiger partial charge in [-0.05, 0) is 51.9 Å². The highest BCUT2D eigenvalue weighted by atomic mass is 16.7. The van der Waals surface area contributed by atoms with Crippen LogP contribution in [0.3, 0.4) is 0 Å². The average molecular weight is 302 g/mol. The van der Waals surface area contributed by atoms with E-state index in [2.05, 4.69) is 0 Å². The summed E-state index contributed by atoms with van der Waals surface area (Å²) in [7, 11) is 0. The van der Waals surface area contributed by atoms with Gasteiger partial charge < -0.3 is 4.84 Å². The zero-order valence-corrected chi connectivity index (χ0v) is 12.7. The summed E-state index contributed by atoms with van der Waals surface area (Å²) >= 11 is 0. The number of imide groups is 1. The molecule has 2 aliphatic rings. The molecule has 2 aliphatic heterocycles. The highest BCUT2D eigenvalue weighted by Crippen LogP contribution is 2.26. The number of fused-ring (bicyclic) bond motifs is 1. The zero-order valence-electron chi connectivity index (χ0n) is 12.7. The fourth-order valence-electron chi connectivity index (χ4n) is 2.85. The number of amides is 2. The number of carbonyl (C=O) groups is 3. The van der Waals surface area contributed by atoms with Crippen molar-refractivity contribution in [3.8, 4) is 0 Å². The number of nitrogens with zero attached hydrogens (tertiary/aromatic N) is 2. The zero-order chi connectivity index (χ0) is 15.9. The summed E-state index contributed by atoms with van der Waals surface area (Å²) in [6.07, 6.45) is 2.06. The van der Waals surface area contributed by atoms with E-state index in [1.807, 2.05) is 4.90 Å². The lowest BCUT2D eigenvalue weighted by molar-refractivity contribution is -0.180. The fraction of sp³-hybridized carbons (Fsp3) is 0.438. The van der Waals surface area contributed by atoms with Crippen molar-refractivity contribution in [1.82, 2.24) is 9.96 Å². The standard InChI is InChI=1S/C16H18N2O4/c1-16(2,17-9-5-6-10-17)15(21)22-18-13(19)11-7-3-4-8-12(11)14(18)20/h3-4,7-8H,5-6,9-10H2,1-2H3. The van der Waals surface area contributed by atoms with Crippen molar-refractivity contribution >= 4 is 17.8 Å². The number of rotatable bonds is 3. The molecule has 0 aromatic heterocycles. The minimum Gasteiger partial charge on any atom is -0.328 e. The van der Waals surface area contributed by atoms with Crippen LogP contribution in [0.5, 0.6) is 0 Å². The van der Waals surface area contributed by atoms with Gasteiger partial charge in [-0.2, -0.15) is 0 Å². The van der Waals surface area contributed by atoms with Crippen LogP contribution >= 0.6 is 0 Å². The van der Waals surface area contributed by atoms with E-state index in [9.17, 15) is 14.4 Å². The van der Waals surface area contributed by atoms with E-state index in [4.69, 9.17) is 4.84 Å². The Labute approximate surface area is 128 Å². The molecule has 1 aromatic rings. The van der Waals surface area contributed by atoms with Gasteiger partial charge in [-0.25, -0.2) is 4.79 Å². The Hall–Kier alpha value is -2.21. The van der Waals surface area contributed by atoms with Gasteiger partial charge in [-0.15, -0.1) is 0 Å². The van der Waals surface area contributed by atoms with Crippen LogP contribution in [0.2, 0.25) is 0 Å². The quantitative estimate of drug-likeness (QED) is 0.794. The number of benzene rings is 1. The smallest absolute Gasteiger partial charge is 0.328 e. The van der Waals surface area contributed by atoms with E-state index >= 15 is 0 Å². The predicted octanol–water partition coefficient (Wildman–Crippen LogP) is 1.62. The Morgan fingerprint density at radius 2 is 1.55 bits per heavy atom. The first kappa shape index (κ1) is 14.7. The van der Waals surface area contributed by atoms with Crippen molar-refractivity contribution in [2.75, 3.05) is 13.1 Å². The molecule has 116 valence electrons. The highest BCUT2D eigenvalue weighted by molar-refractivity contribution is 6.20. The molecule has 0 spiro atoms. The van der Waals surface area contributed by atoms with Gasteiger partial charge in [0.2, 0.25) is 0 Å². The molecule has 22 heavy (non-hydrogen) atoms. The molecule has 1 aromatic carbocycles. The van der Waals surface area contributed by atoms with Crippen molar-refractivity contribution in [2.45, 2.75) is 32.2 Å². The van der Waals surface area contributed by atoms with Crippen molar-refractivity contribution in [2.24, 2.45) is 0 Å². The summed E-state index contributed by atoms with van der Waals surface area (Å²) < 4.78 is 0. The van der Waals surface area contributed by atoms with Crippen molar-refractivity contribution in [3.05, 3.63) is 35.4 Å². The third kappa shape index (κ3) is 2.20. The summed E-state index contributed by atoms with van der Waals surface area (Å²) in [6.45, 7) is 5.12. The Balaban J connectivity index is 1.78. The van der Waals surface area contributed by atoms with Gasteiger partial charge in [0.25, 0.3) is 11.8 Å². The number of carbonyl (C=O) groups excluding carboxylic acids is 3. The van der Waals surface area contributed by atoms with Gasteiger partial charge in [0.1, 0.15) is 5.54 Å². The Morgan fingerprint density at radius 1 is 1.05 bits per heavy atom. The van der Waals surface area contributed by atoms with Gasteiger partial charge in [0.05, 0.1) is 11.1 Å². The van der Waals surface area contributed by atoms with Crippen LogP contribution in [0.15, 0.2) is 24.3 Å². The minimum atomic E-state index is -0.869. The Morgan fingerprint density at radius 3 is 2.05 bits per heavy atom. The SMILES string of the molecule is CC(C)(C(=O)ON1C(=O)c2ccccc2C1=O)N1CCCC1. The molecular formula is C16H18N2O4. The molecule has 6 nitrogen and oxygen atoms in total. The molecule has 0 bridgehead atoms. The van der Waals surface area contributed by atoms with Crippen LogP contribution in [0.4, 0.5) is 0 Å². The van der Waals surface area contributed by atoms with E-state index < -0.39 is 23.3 Å². The van der Waals surface area contributed by atoms with Gasteiger partial charge in [0, 0.05) is 0 Å². The number of hydrogen-bond acceptors (Lipinski definition) is 5. The monoisotopic (exact) mass is 302 g/mol. The maximum absolute atomic E-state index is 12.4. The van der Waals surface area contributed by atoms with Crippen molar-refractivity contribution < 1.29 is 19.2 Å². The lowest BCUT2D eigenvalue weighted by Gasteiger charge is -2.33. The molecular weight excluding hydrogens is 284 g/mol. The number of likely N-dealkylation sites (tertiary alicyclic amines) is 1.